The molecular formula is C17H31N3O. The first-order valence-corrected chi connectivity index (χ1v) is 8.41. The van der Waals surface area contributed by atoms with Crippen molar-refractivity contribution in [2.75, 3.05) is 13.2 Å². The highest BCUT2D eigenvalue weighted by Crippen LogP contribution is 2.38. The highest BCUT2D eigenvalue weighted by Gasteiger charge is 2.42. The van der Waals surface area contributed by atoms with Gasteiger partial charge >= 0.3 is 0 Å². The van der Waals surface area contributed by atoms with Crippen molar-refractivity contribution in [3.8, 4) is 0 Å². The van der Waals surface area contributed by atoms with Gasteiger partial charge < -0.3 is 10.1 Å². The largest absolute Gasteiger partial charge is 0.378 e. The molecule has 4 heteroatoms. The van der Waals surface area contributed by atoms with Crippen LogP contribution in [0, 0.1) is 5.41 Å². The molecule has 1 saturated heterocycles. The second-order valence-corrected chi connectivity index (χ2v) is 6.63. The van der Waals surface area contributed by atoms with E-state index in [9.17, 15) is 0 Å². The van der Waals surface area contributed by atoms with Crippen molar-refractivity contribution in [1.82, 2.24) is 15.1 Å². The summed E-state index contributed by atoms with van der Waals surface area (Å²) in [5, 5.41) is 8.32. The fourth-order valence-corrected chi connectivity index (χ4v) is 3.22. The van der Waals surface area contributed by atoms with Gasteiger partial charge in [0.25, 0.3) is 0 Å². The van der Waals surface area contributed by atoms with E-state index in [-0.39, 0.29) is 5.41 Å². The summed E-state index contributed by atoms with van der Waals surface area (Å²) >= 11 is 0. The van der Waals surface area contributed by atoms with Gasteiger partial charge in [0, 0.05) is 36.8 Å². The van der Waals surface area contributed by atoms with E-state index in [1.54, 1.807) is 0 Å². The minimum absolute atomic E-state index is 0.197. The number of nitrogens with zero attached hydrogens (tertiary/aromatic N) is 2. The summed E-state index contributed by atoms with van der Waals surface area (Å²) in [6, 6.07) is 2.79. The summed E-state index contributed by atoms with van der Waals surface area (Å²) in [5.74, 6) is 0. The van der Waals surface area contributed by atoms with Crippen LogP contribution in [-0.2, 0) is 24.1 Å². The van der Waals surface area contributed by atoms with Gasteiger partial charge in [-0.2, -0.15) is 5.10 Å². The van der Waals surface area contributed by atoms with E-state index in [4.69, 9.17) is 9.84 Å². The Hall–Kier alpha value is -0.870. The Morgan fingerprint density at radius 3 is 2.76 bits per heavy atom. The maximum absolute atomic E-state index is 5.91. The minimum atomic E-state index is 0.197. The van der Waals surface area contributed by atoms with Crippen molar-refractivity contribution in [3.05, 3.63) is 17.5 Å². The first kappa shape index (κ1) is 16.5. The quantitative estimate of drug-likeness (QED) is 0.840. The molecule has 0 spiro atoms. The normalized spacial score (nSPS) is 25.9. The lowest BCUT2D eigenvalue weighted by molar-refractivity contribution is 0.0610. The van der Waals surface area contributed by atoms with E-state index in [1.165, 1.54) is 11.4 Å². The van der Waals surface area contributed by atoms with E-state index < -0.39 is 0 Å². The standard InChI is InChI=1S/C17H31N3O/c1-6-15-10-16(20(7-2)19-15)11-17(12-18-13(3)4)8-9-21-14(17)5/h10,13-14,18H,6-9,11-12H2,1-5H3. The van der Waals surface area contributed by atoms with Crippen LogP contribution < -0.4 is 5.32 Å². The van der Waals surface area contributed by atoms with Gasteiger partial charge in [-0.3, -0.25) is 4.68 Å². The topological polar surface area (TPSA) is 39.1 Å². The van der Waals surface area contributed by atoms with Gasteiger partial charge in [-0.1, -0.05) is 20.8 Å². The van der Waals surface area contributed by atoms with Crippen molar-refractivity contribution >= 4 is 0 Å². The summed E-state index contributed by atoms with van der Waals surface area (Å²) < 4.78 is 8.08. The van der Waals surface area contributed by atoms with E-state index >= 15 is 0 Å². The Bertz CT molecular complexity index is 455. The first-order valence-electron chi connectivity index (χ1n) is 8.41. The van der Waals surface area contributed by atoms with Crippen molar-refractivity contribution in [2.24, 2.45) is 5.41 Å². The van der Waals surface area contributed by atoms with Crippen LogP contribution in [0.25, 0.3) is 0 Å². The zero-order valence-electron chi connectivity index (χ0n) is 14.3. The Morgan fingerprint density at radius 2 is 2.24 bits per heavy atom. The molecule has 120 valence electrons. The number of aryl methyl sites for hydroxylation is 2. The molecule has 0 aromatic carbocycles. The summed E-state index contributed by atoms with van der Waals surface area (Å²) in [6.45, 7) is 13.8. The first-order chi connectivity index (χ1) is 10.0. The molecule has 2 rings (SSSR count). The highest BCUT2D eigenvalue weighted by atomic mass is 16.5. The Kier molecular flexibility index (Phi) is 5.44. The fraction of sp³-hybridized carbons (Fsp3) is 0.824. The third-order valence-corrected chi connectivity index (χ3v) is 4.80. The lowest BCUT2D eigenvalue weighted by Crippen LogP contribution is -2.43. The summed E-state index contributed by atoms with van der Waals surface area (Å²) in [4.78, 5) is 0. The summed E-state index contributed by atoms with van der Waals surface area (Å²) in [6.07, 6.45) is 3.48. The van der Waals surface area contributed by atoms with E-state index in [2.05, 4.69) is 50.7 Å². The zero-order chi connectivity index (χ0) is 15.5. The molecule has 0 bridgehead atoms. The van der Waals surface area contributed by atoms with Crippen LogP contribution >= 0.6 is 0 Å². The third-order valence-electron chi connectivity index (χ3n) is 4.80. The molecule has 0 amide bonds. The van der Waals surface area contributed by atoms with Crippen molar-refractivity contribution < 1.29 is 4.74 Å². The van der Waals surface area contributed by atoms with Crippen LogP contribution in [0.1, 0.15) is 52.4 Å². The fourth-order valence-electron chi connectivity index (χ4n) is 3.22. The molecule has 1 fully saturated rings. The summed E-state index contributed by atoms with van der Waals surface area (Å²) in [7, 11) is 0. The maximum Gasteiger partial charge on any atom is 0.0624 e. The smallest absolute Gasteiger partial charge is 0.0624 e. The van der Waals surface area contributed by atoms with E-state index in [0.29, 0.717) is 12.1 Å². The van der Waals surface area contributed by atoms with Crippen LogP contribution in [0.3, 0.4) is 0 Å². The molecule has 0 radical (unpaired) electrons. The average Bonchev–Trinajstić information content (AvgIpc) is 3.01. The lowest BCUT2D eigenvalue weighted by atomic mass is 9.77. The predicted octanol–water partition coefficient (Wildman–Crippen LogP) is 2.80. The van der Waals surface area contributed by atoms with Crippen LogP contribution in [-0.4, -0.2) is 35.1 Å². The minimum Gasteiger partial charge on any atom is -0.378 e. The SMILES string of the molecule is CCc1cc(CC2(CNC(C)C)CCOC2C)n(CC)n1. The molecule has 0 aliphatic carbocycles. The summed E-state index contributed by atoms with van der Waals surface area (Å²) in [5.41, 5.74) is 2.75. The van der Waals surface area contributed by atoms with Crippen LogP contribution in [0.15, 0.2) is 6.07 Å². The number of nitrogens with one attached hydrogen (secondary N) is 1. The van der Waals surface area contributed by atoms with Crippen LogP contribution in [0.2, 0.25) is 0 Å². The molecule has 4 nitrogen and oxygen atoms in total. The molecule has 1 N–H and O–H groups in total. The number of hydrogen-bond acceptors (Lipinski definition) is 3. The second-order valence-electron chi connectivity index (χ2n) is 6.63. The lowest BCUT2D eigenvalue weighted by Gasteiger charge is -2.33. The Morgan fingerprint density at radius 1 is 1.48 bits per heavy atom. The molecule has 1 aromatic heterocycles. The molecule has 0 saturated carbocycles. The van der Waals surface area contributed by atoms with Crippen LogP contribution in [0.4, 0.5) is 0 Å². The van der Waals surface area contributed by atoms with E-state index in [0.717, 1.165) is 39.0 Å². The Balaban J connectivity index is 2.20. The monoisotopic (exact) mass is 293 g/mol. The van der Waals surface area contributed by atoms with Gasteiger partial charge in [0.15, 0.2) is 0 Å². The zero-order valence-corrected chi connectivity index (χ0v) is 14.3. The molecular weight excluding hydrogens is 262 g/mol. The molecule has 21 heavy (non-hydrogen) atoms. The second kappa shape index (κ2) is 6.93. The van der Waals surface area contributed by atoms with Gasteiger partial charge in [-0.05, 0) is 39.2 Å². The molecule has 2 unspecified atom stereocenters. The predicted molar refractivity (Wildman–Crippen MR) is 86.6 cm³/mol. The van der Waals surface area contributed by atoms with Gasteiger partial charge in [-0.15, -0.1) is 0 Å². The average molecular weight is 293 g/mol. The molecule has 1 aromatic rings. The van der Waals surface area contributed by atoms with Gasteiger partial charge in [0.05, 0.1) is 11.8 Å². The van der Waals surface area contributed by atoms with Crippen LogP contribution in [0.5, 0.6) is 0 Å². The molecule has 2 atom stereocenters. The van der Waals surface area contributed by atoms with Crippen molar-refractivity contribution in [2.45, 2.75) is 72.6 Å². The molecule has 1 aliphatic heterocycles. The van der Waals surface area contributed by atoms with Gasteiger partial charge in [0.2, 0.25) is 0 Å². The number of hydrogen-bond donors (Lipinski definition) is 1. The Labute approximate surface area is 129 Å². The number of aromatic nitrogens is 2. The van der Waals surface area contributed by atoms with Crippen molar-refractivity contribution in [1.29, 1.82) is 0 Å². The van der Waals surface area contributed by atoms with Crippen molar-refractivity contribution in [3.63, 3.8) is 0 Å². The van der Waals surface area contributed by atoms with E-state index in [1.807, 2.05) is 0 Å². The highest BCUT2D eigenvalue weighted by molar-refractivity contribution is 5.14. The molecule has 2 heterocycles. The van der Waals surface area contributed by atoms with Gasteiger partial charge in [0.1, 0.15) is 0 Å². The third kappa shape index (κ3) is 3.67. The number of ether oxygens (including phenoxy) is 1. The molecule has 1 aliphatic rings. The maximum atomic E-state index is 5.91. The number of rotatable bonds is 7. The van der Waals surface area contributed by atoms with Gasteiger partial charge in [-0.25, -0.2) is 0 Å².